The molecule has 1 aromatic carbocycles. The molecule has 5 heteroatoms. The zero-order valence-electron chi connectivity index (χ0n) is 9.69. The molecule has 1 unspecified atom stereocenters. The Morgan fingerprint density at radius 3 is 2.94 bits per heavy atom. The van der Waals surface area contributed by atoms with Crippen LogP contribution < -0.4 is 4.74 Å². The Hall–Kier alpha value is -1.10. The average Bonchev–Trinajstić information content (AvgIpc) is 2.83. The fourth-order valence-electron chi connectivity index (χ4n) is 1.73. The van der Waals surface area contributed by atoms with Gasteiger partial charge in [-0.05, 0) is 23.1 Å². The molecule has 0 aliphatic heterocycles. The molecular formula is C13H12ClFO2S. The van der Waals surface area contributed by atoms with E-state index in [2.05, 4.69) is 0 Å². The minimum Gasteiger partial charge on any atom is -0.495 e. The van der Waals surface area contributed by atoms with E-state index in [9.17, 15) is 9.50 Å². The van der Waals surface area contributed by atoms with Gasteiger partial charge >= 0.3 is 0 Å². The summed E-state index contributed by atoms with van der Waals surface area (Å²) in [6.45, 7) is 0. The van der Waals surface area contributed by atoms with Gasteiger partial charge in [-0.25, -0.2) is 4.39 Å². The van der Waals surface area contributed by atoms with Gasteiger partial charge in [-0.1, -0.05) is 23.7 Å². The van der Waals surface area contributed by atoms with Gasteiger partial charge in [0.25, 0.3) is 0 Å². The van der Waals surface area contributed by atoms with E-state index in [0.29, 0.717) is 11.3 Å². The highest BCUT2D eigenvalue weighted by Crippen LogP contribution is 2.34. The summed E-state index contributed by atoms with van der Waals surface area (Å²) in [6, 6.07) is 6.37. The molecule has 1 atom stereocenters. The molecule has 0 amide bonds. The van der Waals surface area contributed by atoms with Crippen molar-refractivity contribution >= 4 is 22.9 Å². The first-order valence-corrected chi connectivity index (χ1v) is 6.61. The largest absolute Gasteiger partial charge is 0.495 e. The smallest absolute Gasteiger partial charge is 0.142 e. The summed E-state index contributed by atoms with van der Waals surface area (Å²) in [5.41, 5.74) is 0.583. The predicted molar refractivity (Wildman–Crippen MR) is 70.9 cm³/mol. The number of halogens is 2. The lowest BCUT2D eigenvalue weighted by molar-refractivity contribution is 0.178. The van der Waals surface area contributed by atoms with Crippen LogP contribution in [0.2, 0.25) is 5.02 Å². The Bertz CT molecular complexity index is 542. The van der Waals surface area contributed by atoms with Gasteiger partial charge in [-0.2, -0.15) is 0 Å². The molecule has 0 bridgehead atoms. The second-order valence-electron chi connectivity index (χ2n) is 3.79. The van der Waals surface area contributed by atoms with Crippen molar-refractivity contribution in [2.75, 3.05) is 7.11 Å². The third kappa shape index (κ3) is 2.66. The molecule has 0 aliphatic carbocycles. The Kier molecular flexibility index (Phi) is 4.22. The molecule has 1 N–H and O–H groups in total. The third-order valence-electron chi connectivity index (χ3n) is 2.62. The van der Waals surface area contributed by atoms with Crippen LogP contribution >= 0.6 is 22.9 Å². The highest BCUT2D eigenvalue weighted by molar-refractivity contribution is 7.10. The molecule has 1 aromatic heterocycles. The van der Waals surface area contributed by atoms with Crippen molar-refractivity contribution in [3.8, 4) is 5.75 Å². The third-order valence-corrected chi connectivity index (χ3v) is 4.05. The molecule has 0 saturated heterocycles. The predicted octanol–water partition coefficient (Wildman–Crippen LogP) is 3.83. The lowest BCUT2D eigenvalue weighted by Gasteiger charge is -2.12. The quantitative estimate of drug-likeness (QED) is 0.926. The van der Waals surface area contributed by atoms with Crippen LogP contribution in [0.5, 0.6) is 5.75 Å². The molecule has 2 rings (SSSR count). The van der Waals surface area contributed by atoms with Crippen molar-refractivity contribution in [2.24, 2.45) is 0 Å². The summed E-state index contributed by atoms with van der Waals surface area (Å²) >= 11 is 7.26. The van der Waals surface area contributed by atoms with Crippen molar-refractivity contribution in [3.63, 3.8) is 0 Å². The molecule has 0 fully saturated rings. The van der Waals surface area contributed by atoms with Gasteiger partial charge in [0, 0.05) is 6.42 Å². The topological polar surface area (TPSA) is 29.5 Å². The van der Waals surface area contributed by atoms with Crippen LogP contribution in [0.1, 0.15) is 16.5 Å². The molecule has 2 nitrogen and oxygen atoms in total. The number of hydrogen-bond acceptors (Lipinski definition) is 3. The van der Waals surface area contributed by atoms with Gasteiger partial charge < -0.3 is 9.84 Å². The number of ether oxygens (including phenoxy) is 1. The van der Waals surface area contributed by atoms with E-state index in [1.807, 2.05) is 5.38 Å². The number of hydrogen-bond donors (Lipinski definition) is 1. The number of aliphatic hydroxyl groups is 1. The summed E-state index contributed by atoms with van der Waals surface area (Å²) in [5, 5.41) is 12.0. The van der Waals surface area contributed by atoms with Crippen molar-refractivity contribution in [3.05, 3.63) is 50.9 Å². The van der Waals surface area contributed by atoms with E-state index in [1.54, 1.807) is 25.3 Å². The van der Waals surface area contributed by atoms with E-state index in [4.69, 9.17) is 16.3 Å². The first-order valence-electron chi connectivity index (χ1n) is 5.35. The molecular weight excluding hydrogens is 275 g/mol. The average molecular weight is 287 g/mol. The maximum Gasteiger partial charge on any atom is 0.142 e. The van der Waals surface area contributed by atoms with Crippen LogP contribution in [0.4, 0.5) is 4.39 Å². The Labute approximate surface area is 114 Å². The normalized spacial score (nSPS) is 12.4. The van der Waals surface area contributed by atoms with Gasteiger partial charge in [0.1, 0.15) is 11.6 Å². The Morgan fingerprint density at radius 1 is 1.44 bits per heavy atom. The zero-order chi connectivity index (χ0) is 13.1. The number of aliphatic hydroxyl groups excluding tert-OH is 1. The van der Waals surface area contributed by atoms with Crippen LogP contribution in [0.15, 0.2) is 29.6 Å². The zero-order valence-corrected chi connectivity index (χ0v) is 11.3. The highest BCUT2D eigenvalue weighted by atomic mass is 35.5. The van der Waals surface area contributed by atoms with E-state index in [0.717, 1.165) is 4.88 Å². The minimum atomic E-state index is -0.751. The van der Waals surface area contributed by atoms with Gasteiger partial charge in [-0.3, -0.25) is 0 Å². The molecule has 0 aliphatic rings. The second kappa shape index (κ2) is 5.69. The summed E-state index contributed by atoms with van der Waals surface area (Å²) < 4.78 is 18.4. The standard InChI is InChI=1S/C13H12ClFO2S/c1-17-11-5-6-18-13(11)10(16)7-8-3-2-4-9(15)12(8)14/h2-6,10,16H,7H2,1H3. The minimum absolute atomic E-state index is 0.0621. The van der Waals surface area contributed by atoms with Crippen LogP contribution in [-0.2, 0) is 6.42 Å². The second-order valence-corrected chi connectivity index (χ2v) is 5.11. The van der Waals surface area contributed by atoms with Gasteiger partial charge in [-0.15, -0.1) is 11.3 Å². The van der Waals surface area contributed by atoms with Crippen molar-refractivity contribution < 1.29 is 14.2 Å². The van der Waals surface area contributed by atoms with E-state index < -0.39 is 11.9 Å². The molecule has 0 radical (unpaired) electrons. The molecule has 0 saturated carbocycles. The molecule has 18 heavy (non-hydrogen) atoms. The van der Waals surface area contributed by atoms with Crippen LogP contribution in [0.25, 0.3) is 0 Å². The van der Waals surface area contributed by atoms with E-state index in [-0.39, 0.29) is 11.4 Å². The van der Waals surface area contributed by atoms with Gasteiger partial charge in [0.05, 0.1) is 23.1 Å². The maximum absolute atomic E-state index is 13.3. The number of thiophene rings is 1. The first kappa shape index (κ1) is 13.3. The molecule has 2 aromatic rings. The monoisotopic (exact) mass is 286 g/mol. The SMILES string of the molecule is COc1ccsc1C(O)Cc1cccc(F)c1Cl. The van der Waals surface area contributed by atoms with Crippen molar-refractivity contribution in [1.82, 2.24) is 0 Å². The number of rotatable bonds is 4. The highest BCUT2D eigenvalue weighted by Gasteiger charge is 2.17. The van der Waals surface area contributed by atoms with Gasteiger partial charge in [0.2, 0.25) is 0 Å². The van der Waals surface area contributed by atoms with E-state index >= 15 is 0 Å². The lowest BCUT2D eigenvalue weighted by Crippen LogP contribution is -2.02. The first-order chi connectivity index (χ1) is 8.63. The van der Waals surface area contributed by atoms with E-state index in [1.165, 1.54) is 17.4 Å². The molecule has 96 valence electrons. The Morgan fingerprint density at radius 2 is 2.22 bits per heavy atom. The maximum atomic E-state index is 13.3. The summed E-state index contributed by atoms with van der Waals surface area (Å²) in [6.07, 6.45) is -0.493. The number of benzene rings is 1. The molecule has 0 spiro atoms. The van der Waals surface area contributed by atoms with Gasteiger partial charge in [0.15, 0.2) is 0 Å². The van der Waals surface area contributed by atoms with Crippen LogP contribution in [0.3, 0.4) is 0 Å². The fourth-order valence-corrected chi connectivity index (χ4v) is 2.78. The number of methoxy groups -OCH3 is 1. The fraction of sp³-hybridized carbons (Fsp3) is 0.231. The summed E-state index contributed by atoms with van der Waals surface area (Å²) in [4.78, 5) is 0.720. The Balaban J connectivity index is 2.21. The molecule has 1 heterocycles. The van der Waals surface area contributed by atoms with Crippen LogP contribution in [0, 0.1) is 5.82 Å². The van der Waals surface area contributed by atoms with Crippen molar-refractivity contribution in [2.45, 2.75) is 12.5 Å². The summed E-state index contributed by atoms with van der Waals surface area (Å²) in [5.74, 6) is 0.166. The summed E-state index contributed by atoms with van der Waals surface area (Å²) in [7, 11) is 1.55. The lowest BCUT2D eigenvalue weighted by atomic mass is 10.1. The van der Waals surface area contributed by atoms with Crippen LogP contribution in [-0.4, -0.2) is 12.2 Å². The van der Waals surface area contributed by atoms with Crippen molar-refractivity contribution in [1.29, 1.82) is 0 Å².